The molecule has 8 heteroatoms. The number of fused-ring (bicyclic) bond motifs is 1. The number of carbonyl (C=O) groups excluding carboxylic acids is 1. The van der Waals surface area contributed by atoms with Gasteiger partial charge in [0.2, 0.25) is 5.91 Å². The molecule has 0 fully saturated rings. The molecule has 2 heterocycles. The molecule has 0 aromatic carbocycles. The molecule has 2 aromatic heterocycles. The van der Waals surface area contributed by atoms with Crippen molar-refractivity contribution >= 4 is 28.5 Å². The van der Waals surface area contributed by atoms with Crippen LogP contribution in [0.5, 0.6) is 0 Å². The topological polar surface area (TPSA) is 86.0 Å². The minimum atomic E-state index is -0.462. The van der Waals surface area contributed by atoms with E-state index in [2.05, 4.69) is 9.69 Å². The molecule has 0 unspecified atom stereocenters. The Bertz CT molecular complexity index is 818. The average molecular weight is 338 g/mol. The van der Waals surface area contributed by atoms with Gasteiger partial charge in [0.15, 0.2) is 5.52 Å². The molecule has 1 amide bonds. The van der Waals surface area contributed by atoms with Crippen LogP contribution in [0.15, 0.2) is 15.0 Å². The number of amides is 1. The van der Waals surface area contributed by atoms with Crippen LogP contribution in [0.2, 0.25) is 0 Å². The number of hydrogen-bond donors (Lipinski definition) is 1. The summed E-state index contributed by atoms with van der Waals surface area (Å²) in [4.78, 5) is 37.2. The van der Waals surface area contributed by atoms with Crippen molar-refractivity contribution in [2.75, 3.05) is 0 Å². The molecule has 0 bridgehead atoms. The number of nitrogens with zero attached hydrogens (tertiary/aromatic N) is 3. The van der Waals surface area contributed by atoms with E-state index in [4.69, 9.17) is 0 Å². The Labute approximate surface area is 138 Å². The first kappa shape index (κ1) is 17.4. The van der Waals surface area contributed by atoms with Crippen molar-refractivity contribution in [2.45, 2.75) is 53.2 Å². The van der Waals surface area contributed by atoms with Gasteiger partial charge >= 0.3 is 5.69 Å². The van der Waals surface area contributed by atoms with E-state index >= 15 is 0 Å². The van der Waals surface area contributed by atoms with Crippen LogP contribution in [0.1, 0.15) is 34.1 Å². The molecule has 0 saturated heterocycles. The first-order chi connectivity index (χ1) is 10.8. The Morgan fingerprint density at radius 3 is 2.61 bits per heavy atom. The molecule has 0 aliphatic rings. The summed E-state index contributed by atoms with van der Waals surface area (Å²) in [6, 6.07) is 0.0378. The average Bonchev–Trinajstić information content (AvgIpc) is 2.97. The highest BCUT2D eigenvalue weighted by Crippen LogP contribution is 2.10. The van der Waals surface area contributed by atoms with Crippen molar-refractivity contribution in [1.29, 1.82) is 0 Å². The quantitative estimate of drug-likeness (QED) is 0.857. The molecule has 0 aliphatic heterocycles. The Morgan fingerprint density at radius 1 is 1.30 bits per heavy atom. The van der Waals surface area contributed by atoms with Gasteiger partial charge in [0.05, 0.1) is 5.52 Å². The summed E-state index contributed by atoms with van der Waals surface area (Å²) in [5.41, 5.74) is -0.190. The van der Waals surface area contributed by atoms with Gasteiger partial charge in [-0.15, -0.1) is 0 Å². The van der Waals surface area contributed by atoms with Crippen molar-refractivity contribution in [3.63, 3.8) is 0 Å². The lowest BCUT2D eigenvalue weighted by molar-refractivity contribution is -0.122. The second kappa shape index (κ2) is 7.08. The first-order valence-corrected chi connectivity index (χ1v) is 8.55. The second-order valence-corrected chi connectivity index (χ2v) is 6.73. The van der Waals surface area contributed by atoms with E-state index in [1.54, 1.807) is 5.38 Å². The number of aromatic nitrogens is 3. The smallest absolute Gasteiger partial charge is 0.332 e. The summed E-state index contributed by atoms with van der Waals surface area (Å²) in [5.74, 6) is -0.109. The largest absolute Gasteiger partial charge is 0.352 e. The summed E-state index contributed by atoms with van der Waals surface area (Å²) in [6.07, 6.45) is 0.808. The third kappa shape index (κ3) is 3.69. The Balaban J connectivity index is 2.50. The molecule has 1 atom stereocenters. The molecular formula is C15H22N4O3S. The molecule has 0 radical (unpaired) electrons. The second-order valence-electron chi connectivity index (χ2n) is 6.10. The van der Waals surface area contributed by atoms with Gasteiger partial charge in [0.1, 0.15) is 6.54 Å². The molecule has 7 nitrogen and oxygen atoms in total. The Kier molecular flexibility index (Phi) is 5.35. The van der Waals surface area contributed by atoms with Gasteiger partial charge in [-0.25, -0.2) is 4.79 Å². The normalized spacial score (nSPS) is 12.7. The van der Waals surface area contributed by atoms with E-state index in [9.17, 15) is 14.4 Å². The zero-order chi connectivity index (χ0) is 17.1. The summed E-state index contributed by atoms with van der Waals surface area (Å²) in [6.45, 7) is 7.92. The standard InChI is InChI=1S/C15H22N4O3S/c1-5-10(4)16-12(20)7-18-11-8-23-17-13(11)14(21)19(15(18)22)6-9(2)3/h8-10H,5-7H2,1-4H3,(H,16,20)/t10-/m0/s1. The van der Waals surface area contributed by atoms with Crippen LogP contribution in [0, 0.1) is 5.92 Å². The number of nitrogens with one attached hydrogen (secondary N) is 1. The summed E-state index contributed by atoms with van der Waals surface area (Å²) in [7, 11) is 0. The Hall–Kier alpha value is -1.96. The molecule has 1 N–H and O–H groups in total. The van der Waals surface area contributed by atoms with Gasteiger partial charge in [-0.2, -0.15) is 4.37 Å². The number of rotatable bonds is 6. The predicted octanol–water partition coefficient (Wildman–Crippen LogP) is 1.19. The van der Waals surface area contributed by atoms with Crippen LogP contribution in [0.4, 0.5) is 0 Å². The van der Waals surface area contributed by atoms with E-state index in [0.29, 0.717) is 12.1 Å². The third-order valence-corrected chi connectivity index (χ3v) is 4.24. The van der Waals surface area contributed by atoms with Crippen molar-refractivity contribution in [2.24, 2.45) is 5.92 Å². The van der Waals surface area contributed by atoms with Gasteiger partial charge in [-0.3, -0.25) is 18.7 Å². The molecule has 0 spiro atoms. The maximum absolute atomic E-state index is 12.7. The highest BCUT2D eigenvalue weighted by atomic mass is 32.1. The zero-order valence-corrected chi connectivity index (χ0v) is 14.6. The lowest BCUT2D eigenvalue weighted by Gasteiger charge is -2.15. The maximum Gasteiger partial charge on any atom is 0.332 e. The minimum Gasteiger partial charge on any atom is -0.352 e. The van der Waals surface area contributed by atoms with Crippen LogP contribution in [0.25, 0.3) is 11.0 Å². The van der Waals surface area contributed by atoms with Crippen LogP contribution in [-0.4, -0.2) is 25.5 Å². The van der Waals surface area contributed by atoms with Crippen molar-refractivity contribution < 1.29 is 4.79 Å². The fourth-order valence-electron chi connectivity index (χ4n) is 2.28. The van der Waals surface area contributed by atoms with E-state index in [-0.39, 0.29) is 29.9 Å². The van der Waals surface area contributed by atoms with E-state index in [1.807, 2.05) is 27.7 Å². The SMILES string of the molecule is CC[C@H](C)NC(=O)Cn1c(=O)n(CC(C)C)c(=O)c2nscc21. The predicted molar refractivity (Wildman–Crippen MR) is 90.9 cm³/mol. The Morgan fingerprint density at radius 2 is 2.00 bits per heavy atom. The summed E-state index contributed by atoms with van der Waals surface area (Å²) < 4.78 is 6.59. The molecular weight excluding hydrogens is 316 g/mol. The summed E-state index contributed by atoms with van der Waals surface area (Å²) >= 11 is 1.11. The van der Waals surface area contributed by atoms with Gasteiger partial charge < -0.3 is 5.32 Å². The number of carbonyl (C=O) groups is 1. The maximum atomic E-state index is 12.7. The molecule has 23 heavy (non-hydrogen) atoms. The van der Waals surface area contributed by atoms with E-state index in [1.165, 1.54) is 9.13 Å². The van der Waals surface area contributed by atoms with Gasteiger partial charge in [0, 0.05) is 18.0 Å². The van der Waals surface area contributed by atoms with Gasteiger partial charge in [-0.05, 0) is 30.8 Å². The van der Waals surface area contributed by atoms with Crippen LogP contribution in [-0.2, 0) is 17.9 Å². The minimum absolute atomic E-state index is 0.0378. The molecule has 126 valence electrons. The third-order valence-electron chi connectivity index (χ3n) is 3.62. The number of hydrogen-bond acceptors (Lipinski definition) is 5. The lowest BCUT2D eigenvalue weighted by atomic mass is 10.2. The van der Waals surface area contributed by atoms with Crippen LogP contribution >= 0.6 is 11.5 Å². The summed E-state index contributed by atoms with van der Waals surface area (Å²) in [5, 5.41) is 4.47. The van der Waals surface area contributed by atoms with Crippen LogP contribution < -0.4 is 16.6 Å². The molecule has 2 aromatic rings. The highest BCUT2D eigenvalue weighted by Gasteiger charge is 2.18. The highest BCUT2D eigenvalue weighted by molar-refractivity contribution is 7.04. The van der Waals surface area contributed by atoms with Crippen molar-refractivity contribution in [1.82, 2.24) is 18.8 Å². The van der Waals surface area contributed by atoms with Crippen LogP contribution in [0.3, 0.4) is 0 Å². The van der Waals surface area contributed by atoms with Gasteiger partial charge in [0.25, 0.3) is 5.56 Å². The lowest BCUT2D eigenvalue weighted by Crippen LogP contribution is -2.44. The van der Waals surface area contributed by atoms with Crippen molar-refractivity contribution in [3.8, 4) is 0 Å². The van der Waals surface area contributed by atoms with E-state index < -0.39 is 11.2 Å². The zero-order valence-electron chi connectivity index (χ0n) is 13.8. The van der Waals surface area contributed by atoms with E-state index in [0.717, 1.165) is 18.0 Å². The fraction of sp³-hybridized carbons (Fsp3) is 0.600. The molecule has 0 aliphatic carbocycles. The first-order valence-electron chi connectivity index (χ1n) is 7.72. The molecule has 2 rings (SSSR count). The van der Waals surface area contributed by atoms with Crippen molar-refractivity contribution in [3.05, 3.63) is 26.2 Å². The molecule has 0 saturated carbocycles. The van der Waals surface area contributed by atoms with Gasteiger partial charge in [-0.1, -0.05) is 20.8 Å². The fourth-order valence-corrected chi connectivity index (χ4v) is 2.95. The monoisotopic (exact) mass is 338 g/mol.